The molecule has 0 radical (unpaired) electrons. The zero-order chi connectivity index (χ0) is 17.0. The summed E-state index contributed by atoms with van der Waals surface area (Å²) in [5.41, 5.74) is 5.97. The Bertz CT molecular complexity index is 629. The van der Waals surface area contributed by atoms with Crippen LogP contribution in [0.25, 0.3) is 5.70 Å². The van der Waals surface area contributed by atoms with E-state index in [0.717, 1.165) is 36.0 Å². The lowest BCUT2D eigenvalue weighted by atomic mass is 9.89. The van der Waals surface area contributed by atoms with Gasteiger partial charge < -0.3 is 5.32 Å². The van der Waals surface area contributed by atoms with E-state index in [0.29, 0.717) is 12.1 Å². The average Bonchev–Trinajstić information content (AvgIpc) is 2.73. The van der Waals surface area contributed by atoms with Gasteiger partial charge in [0.1, 0.15) is 0 Å². The van der Waals surface area contributed by atoms with Crippen molar-refractivity contribution in [2.45, 2.75) is 51.9 Å². The molecule has 0 fully saturated rings. The molecule has 0 aromatic heterocycles. The molecule has 0 amide bonds. The first kappa shape index (κ1) is 17.5. The highest BCUT2D eigenvalue weighted by atomic mass is 19.3. The van der Waals surface area contributed by atoms with Crippen molar-refractivity contribution < 1.29 is 8.78 Å². The van der Waals surface area contributed by atoms with Crippen LogP contribution in [-0.2, 0) is 6.42 Å². The molecule has 0 heterocycles. The maximum Gasteiger partial charge on any atom is 0.245 e. The number of rotatable bonds is 5. The van der Waals surface area contributed by atoms with Crippen molar-refractivity contribution >= 4 is 5.70 Å². The molecular weight excluding hydrogens is 292 g/mol. The number of allylic oxidation sites excluding steroid dienone is 2. The van der Waals surface area contributed by atoms with Crippen LogP contribution < -0.4 is 5.32 Å². The van der Waals surface area contributed by atoms with E-state index in [2.05, 4.69) is 32.3 Å². The topological polar surface area (TPSA) is 12.0 Å². The van der Waals surface area contributed by atoms with Crippen molar-refractivity contribution in [1.29, 1.82) is 0 Å². The van der Waals surface area contributed by atoms with Crippen molar-refractivity contribution in [2.75, 3.05) is 0 Å². The van der Waals surface area contributed by atoms with Gasteiger partial charge in [-0.15, -0.1) is 0 Å². The van der Waals surface area contributed by atoms with E-state index in [-0.39, 0.29) is 0 Å². The quantitative estimate of drug-likeness (QED) is 0.534. The molecule has 0 spiro atoms. The standard InChI is InChI=1S/C20H25F2N/c1-5-13(3)15-10-11-18(20(21)22)17-9-7-8-16(19(17)12-15)14(4)23-6-2/h6-9,18,20,23H,2,4-5,10-12H2,1,3H3/b15-13-. The Labute approximate surface area is 137 Å². The summed E-state index contributed by atoms with van der Waals surface area (Å²) in [6, 6.07) is 5.65. The highest BCUT2D eigenvalue weighted by molar-refractivity contribution is 5.68. The second-order valence-electron chi connectivity index (χ2n) is 6.09. The van der Waals surface area contributed by atoms with Crippen LogP contribution in [0.5, 0.6) is 0 Å². The van der Waals surface area contributed by atoms with E-state index in [4.69, 9.17) is 0 Å². The van der Waals surface area contributed by atoms with Gasteiger partial charge in [0, 0.05) is 17.2 Å². The second kappa shape index (κ2) is 7.58. The fourth-order valence-corrected chi connectivity index (χ4v) is 3.30. The number of hydrogen-bond acceptors (Lipinski definition) is 1. The molecular formula is C20H25F2N. The number of nitrogens with one attached hydrogen (secondary N) is 1. The molecule has 3 heteroatoms. The van der Waals surface area contributed by atoms with Crippen LogP contribution in [0.1, 0.15) is 55.7 Å². The number of alkyl halides is 2. The minimum atomic E-state index is -2.34. The van der Waals surface area contributed by atoms with Crippen molar-refractivity contribution in [3.05, 3.63) is 65.4 Å². The van der Waals surface area contributed by atoms with Gasteiger partial charge in [-0.2, -0.15) is 0 Å². The minimum Gasteiger partial charge on any atom is -0.362 e. The Morgan fingerprint density at radius 1 is 1.43 bits per heavy atom. The lowest BCUT2D eigenvalue weighted by Gasteiger charge is -2.20. The highest BCUT2D eigenvalue weighted by Crippen LogP contribution is 2.40. The fraction of sp³-hybridized carbons (Fsp3) is 0.400. The summed E-state index contributed by atoms with van der Waals surface area (Å²) in [5, 5.41) is 3.00. The zero-order valence-corrected chi connectivity index (χ0v) is 14.0. The predicted octanol–water partition coefficient (Wildman–Crippen LogP) is 5.80. The van der Waals surface area contributed by atoms with E-state index in [9.17, 15) is 8.78 Å². The molecule has 1 aliphatic carbocycles. The molecule has 1 aromatic carbocycles. The normalized spacial score (nSPS) is 19.8. The van der Waals surface area contributed by atoms with Crippen LogP contribution in [-0.4, -0.2) is 6.43 Å². The van der Waals surface area contributed by atoms with E-state index < -0.39 is 12.3 Å². The maximum absolute atomic E-state index is 13.6. The number of halogens is 2. The van der Waals surface area contributed by atoms with E-state index in [1.54, 1.807) is 6.20 Å². The fourth-order valence-electron chi connectivity index (χ4n) is 3.30. The first-order chi connectivity index (χ1) is 11.0. The number of benzene rings is 1. The summed E-state index contributed by atoms with van der Waals surface area (Å²) >= 11 is 0. The molecule has 23 heavy (non-hydrogen) atoms. The summed E-state index contributed by atoms with van der Waals surface area (Å²) < 4.78 is 27.2. The molecule has 1 atom stereocenters. The van der Waals surface area contributed by atoms with Gasteiger partial charge in [-0.25, -0.2) is 8.78 Å². The smallest absolute Gasteiger partial charge is 0.245 e. The monoisotopic (exact) mass is 317 g/mol. The third kappa shape index (κ3) is 3.72. The summed E-state index contributed by atoms with van der Waals surface area (Å²) in [7, 11) is 0. The molecule has 0 bridgehead atoms. The predicted molar refractivity (Wildman–Crippen MR) is 93.5 cm³/mol. The van der Waals surface area contributed by atoms with Crippen LogP contribution >= 0.6 is 0 Å². The Kier molecular flexibility index (Phi) is 5.75. The van der Waals surface area contributed by atoms with Crippen molar-refractivity contribution in [3.63, 3.8) is 0 Å². The van der Waals surface area contributed by atoms with Gasteiger partial charge in [0.25, 0.3) is 0 Å². The molecule has 0 saturated carbocycles. The van der Waals surface area contributed by atoms with Gasteiger partial charge in [0.2, 0.25) is 6.43 Å². The van der Waals surface area contributed by atoms with Gasteiger partial charge in [-0.1, -0.05) is 49.4 Å². The van der Waals surface area contributed by atoms with Crippen molar-refractivity contribution in [3.8, 4) is 0 Å². The minimum absolute atomic E-state index is 0.502. The first-order valence-electron chi connectivity index (χ1n) is 8.13. The first-order valence-corrected chi connectivity index (χ1v) is 8.13. The summed E-state index contributed by atoms with van der Waals surface area (Å²) in [4.78, 5) is 0. The molecule has 124 valence electrons. The van der Waals surface area contributed by atoms with Crippen LogP contribution in [0.15, 0.2) is 48.7 Å². The molecule has 1 aromatic rings. The molecule has 1 nitrogen and oxygen atoms in total. The Morgan fingerprint density at radius 3 is 2.78 bits per heavy atom. The van der Waals surface area contributed by atoms with E-state index in [1.165, 1.54) is 11.1 Å². The molecule has 0 aliphatic heterocycles. The zero-order valence-electron chi connectivity index (χ0n) is 14.0. The lowest BCUT2D eigenvalue weighted by molar-refractivity contribution is 0.110. The van der Waals surface area contributed by atoms with Gasteiger partial charge in [-0.05, 0) is 49.9 Å². The lowest BCUT2D eigenvalue weighted by Crippen LogP contribution is -2.12. The summed E-state index contributed by atoms with van der Waals surface area (Å²) in [6.07, 6.45) is 2.15. The van der Waals surface area contributed by atoms with Gasteiger partial charge in [0.15, 0.2) is 0 Å². The summed E-state index contributed by atoms with van der Waals surface area (Å²) in [6.45, 7) is 11.9. The second-order valence-corrected chi connectivity index (χ2v) is 6.09. The van der Waals surface area contributed by atoms with Gasteiger partial charge in [0.05, 0.1) is 0 Å². The van der Waals surface area contributed by atoms with Crippen LogP contribution in [0.3, 0.4) is 0 Å². The highest BCUT2D eigenvalue weighted by Gasteiger charge is 2.29. The van der Waals surface area contributed by atoms with Crippen molar-refractivity contribution in [1.82, 2.24) is 5.32 Å². The molecule has 1 unspecified atom stereocenters. The Morgan fingerprint density at radius 2 is 2.17 bits per heavy atom. The number of hydrogen-bond donors (Lipinski definition) is 1. The van der Waals surface area contributed by atoms with Crippen LogP contribution in [0.2, 0.25) is 0 Å². The molecule has 1 N–H and O–H groups in total. The SMILES string of the molecule is C=CNC(=C)c1cccc2c1C/C(=C(/C)CC)CCC2C(F)F. The average molecular weight is 317 g/mol. The van der Waals surface area contributed by atoms with Crippen LogP contribution in [0, 0.1) is 0 Å². The van der Waals surface area contributed by atoms with Gasteiger partial charge >= 0.3 is 0 Å². The van der Waals surface area contributed by atoms with Crippen molar-refractivity contribution in [2.24, 2.45) is 0 Å². The molecule has 0 saturated heterocycles. The Hall–Kier alpha value is -1.90. The van der Waals surface area contributed by atoms with E-state index >= 15 is 0 Å². The van der Waals surface area contributed by atoms with E-state index in [1.807, 2.05) is 18.2 Å². The Balaban J connectivity index is 2.59. The number of fused-ring (bicyclic) bond motifs is 1. The third-order valence-corrected chi connectivity index (χ3v) is 4.80. The van der Waals surface area contributed by atoms with Crippen LogP contribution in [0.4, 0.5) is 8.78 Å². The summed E-state index contributed by atoms with van der Waals surface area (Å²) in [5.74, 6) is -0.705. The van der Waals surface area contributed by atoms with Gasteiger partial charge in [-0.3, -0.25) is 0 Å². The largest absolute Gasteiger partial charge is 0.362 e. The maximum atomic E-state index is 13.6. The third-order valence-electron chi connectivity index (χ3n) is 4.80. The molecule has 1 aliphatic rings. The molecule has 2 rings (SSSR count).